The Hall–Kier alpha value is -3.02. The van der Waals surface area contributed by atoms with Crippen LogP contribution in [0.4, 0.5) is 0 Å². The highest BCUT2D eigenvalue weighted by Gasteiger charge is 2.10. The third-order valence-corrected chi connectivity index (χ3v) is 2.83. The molecule has 0 aliphatic heterocycles. The van der Waals surface area contributed by atoms with Crippen LogP contribution in [0, 0.1) is 0 Å². The van der Waals surface area contributed by atoms with E-state index in [1.165, 1.54) is 18.3 Å². The fourth-order valence-corrected chi connectivity index (χ4v) is 1.87. The molecule has 0 saturated carbocycles. The number of rotatable bonds is 5. The number of hydrogen-bond acceptors (Lipinski definition) is 5. The van der Waals surface area contributed by atoms with E-state index < -0.39 is 5.91 Å². The van der Waals surface area contributed by atoms with Gasteiger partial charge in [-0.25, -0.2) is 5.43 Å². The molecule has 0 fully saturated rings. The van der Waals surface area contributed by atoms with E-state index in [-0.39, 0.29) is 23.2 Å². The quantitative estimate of drug-likeness (QED) is 0.449. The van der Waals surface area contributed by atoms with Gasteiger partial charge in [-0.1, -0.05) is 12.1 Å². The Bertz CT molecular complexity index is 726. The molecule has 0 atom stereocenters. The highest BCUT2D eigenvalue weighted by atomic mass is 16.5. The van der Waals surface area contributed by atoms with Gasteiger partial charge in [0.25, 0.3) is 5.91 Å². The molecule has 1 amide bonds. The summed E-state index contributed by atoms with van der Waals surface area (Å²) in [5.74, 6) is -0.261. The SMILES string of the molecule is CC(C)Oc1cccc(/C=N/NC(=O)c2cc(O)ccc2O)c1. The first-order chi connectivity index (χ1) is 11.0. The molecule has 2 aromatic rings. The second kappa shape index (κ2) is 7.31. The lowest BCUT2D eigenvalue weighted by Crippen LogP contribution is -2.17. The number of carbonyl (C=O) groups excluding carboxylic acids is 1. The van der Waals surface area contributed by atoms with Crippen LogP contribution in [-0.4, -0.2) is 28.4 Å². The van der Waals surface area contributed by atoms with Crippen LogP contribution >= 0.6 is 0 Å². The first kappa shape index (κ1) is 16.4. The van der Waals surface area contributed by atoms with Gasteiger partial charge in [0.1, 0.15) is 17.2 Å². The summed E-state index contributed by atoms with van der Waals surface area (Å²) in [5, 5.41) is 22.8. The van der Waals surface area contributed by atoms with Gasteiger partial charge in [0.15, 0.2) is 0 Å². The summed E-state index contributed by atoms with van der Waals surface area (Å²) in [6, 6.07) is 11.0. The molecule has 0 unspecified atom stereocenters. The summed E-state index contributed by atoms with van der Waals surface area (Å²) < 4.78 is 5.57. The molecule has 6 nitrogen and oxygen atoms in total. The number of aromatic hydroxyl groups is 2. The van der Waals surface area contributed by atoms with Crippen LogP contribution in [0.5, 0.6) is 17.2 Å². The van der Waals surface area contributed by atoms with Crippen LogP contribution in [-0.2, 0) is 0 Å². The first-order valence-corrected chi connectivity index (χ1v) is 7.08. The van der Waals surface area contributed by atoms with Crippen LogP contribution in [0.25, 0.3) is 0 Å². The lowest BCUT2D eigenvalue weighted by Gasteiger charge is -2.09. The topological polar surface area (TPSA) is 91.2 Å². The molecule has 0 saturated heterocycles. The van der Waals surface area contributed by atoms with Crippen LogP contribution in [0.15, 0.2) is 47.6 Å². The predicted molar refractivity (Wildman–Crippen MR) is 87.0 cm³/mol. The lowest BCUT2D eigenvalue weighted by molar-refractivity contribution is 0.0952. The molecular formula is C17H18N2O4. The van der Waals surface area contributed by atoms with Crippen molar-refractivity contribution < 1.29 is 19.7 Å². The van der Waals surface area contributed by atoms with Gasteiger partial charge < -0.3 is 14.9 Å². The standard InChI is InChI=1S/C17H18N2O4/c1-11(2)23-14-5-3-4-12(8-14)10-18-19-17(22)15-9-13(20)6-7-16(15)21/h3-11,20-21H,1-2H3,(H,19,22)/b18-10+. The maximum atomic E-state index is 11.9. The van der Waals surface area contributed by atoms with Crippen molar-refractivity contribution in [3.63, 3.8) is 0 Å². The Morgan fingerprint density at radius 1 is 1.22 bits per heavy atom. The molecule has 120 valence electrons. The average Bonchev–Trinajstić information content (AvgIpc) is 2.49. The summed E-state index contributed by atoms with van der Waals surface area (Å²) in [6.07, 6.45) is 1.53. The molecule has 0 aliphatic rings. The largest absolute Gasteiger partial charge is 0.508 e. The number of nitrogens with one attached hydrogen (secondary N) is 1. The van der Waals surface area contributed by atoms with E-state index in [4.69, 9.17) is 4.74 Å². The average molecular weight is 314 g/mol. The van der Waals surface area contributed by atoms with Gasteiger partial charge in [0.05, 0.1) is 17.9 Å². The van der Waals surface area contributed by atoms with Crippen LogP contribution in [0.3, 0.4) is 0 Å². The highest BCUT2D eigenvalue weighted by Crippen LogP contribution is 2.21. The van der Waals surface area contributed by atoms with Crippen LogP contribution in [0.1, 0.15) is 29.8 Å². The fourth-order valence-electron chi connectivity index (χ4n) is 1.87. The number of phenols is 2. The minimum atomic E-state index is -0.621. The first-order valence-electron chi connectivity index (χ1n) is 7.08. The normalized spacial score (nSPS) is 10.9. The second-order valence-electron chi connectivity index (χ2n) is 5.14. The number of nitrogens with zero attached hydrogens (tertiary/aromatic N) is 1. The Morgan fingerprint density at radius 2 is 2.00 bits per heavy atom. The lowest BCUT2D eigenvalue weighted by atomic mass is 10.2. The smallest absolute Gasteiger partial charge is 0.275 e. The van der Waals surface area contributed by atoms with E-state index in [1.54, 1.807) is 6.07 Å². The van der Waals surface area contributed by atoms with Gasteiger partial charge in [0, 0.05) is 0 Å². The van der Waals surface area contributed by atoms with Gasteiger partial charge in [-0.2, -0.15) is 5.10 Å². The molecule has 0 aliphatic carbocycles. The van der Waals surface area contributed by atoms with E-state index in [1.807, 2.05) is 32.0 Å². The van der Waals surface area contributed by atoms with Crippen molar-refractivity contribution in [2.24, 2.45) is 5.10 Å². The summed E-state index contributed by atoms with van der Waals surface area (Å²) in [5.41, 5.74) is 2.99. The van der Waals surface area contributed by atoms with Crippen molar-refractivity contribution in [3.05, 3.63) is 53.6 Å². The maximum Gasteiger partial charge on any atom is 0.275 e. The van der Waals surface area contributed by atoms with Crippen molar-refractivity contribution >= 4 is 12.1 Å². The third kappa shape index (κ3) is 4.74. The van der Waals surface area contributed by atoms with E-state index in [9.17, 15) is 15.0 Å². The van der Waals surface area contributed by atoms with E-state index in [2.05, 4.69) is 10.5 Å². The molecule has 0 aromatic heterocycles. The number of benzene rings is 2. The molecule has 0 bridgehead atoms. The van der Waals surface area contributed by atoms with Crippen molar-refractivity contribution in [2.75, 3.05) is 0 Å². The molecule has 2 aromatic carbocycles. The van der Waals surface area contributed by atoms with E-state index >= 15 is 0 Å². The van der Waals surface area contributed by atoms with E-state index in [0.29, 0.717) is 5.75 Å². The second-order valence-corrected chi connectivity index (χ2v) is 5.14. The Morgan fingerprint density at radius 3 is 2.74 bits per heavy atom. The fraction of sp³-hybridized carbons (Fsp3) is 0.176. The van der Waals surface area contributed by atoms with Crippen molar-refractivity contribution in [2.45, 2.75) is 20.0 Å². The zero-order chi connectivity index (χ0) is 16.8. The highest BCUT2D eigenvalue weighted by molar-refractivity contribution is 5.97. The van der Waals surface area contributed by atoms with Gasteiger partial charge in [-0.3, -0.25) is 4.79 Å². The van der Waals surface area contributed by atoms with Crippen LogP contribution < -0.4 is 10.2 Å². The molecule has 6 heteroatoms. The maximum absolute atomic E-state index is 11.9. The Labute approximate surface area is 134 Å². The molecule has 0 spiro atoms. The van der Waals surface area contributed by atoms with E-state index in [0.717, 1.165) is 11.6 Å². The summed E-state index contributed by atoms with van der Waals surface area (Å²) in [4.78, 5) is 11.9. The van der Waals surface area contributed by atoms with Gasteiger partial charge in [-0.15, -0.1) is 0 Å². The minimum Gasteiger partial charge on any atom is -0.508 e. The number of hydrogen-bond donors (Lipinski definition) is 3. The van der Waals surface area contributed by atoms with Crippen molar-refractivity contribution in [1.82, 2.24) is 5.43 Å². The molecule has 23 heavy (non-hydrogen) atoms. The summed E-state index contributed by atoms with van der Waals surface area (Å²) >= 11 is 0. The zero-order valence-corrected chi connectivity index (χ0v) is 12.9. The number of phenolic OH excluding ortho intramolecular Hbond substituents is 2. The number of carbonyl (C=O) groups is 1. The Balaban J connectivity index is 2.04. The summed E-state index contributed by atoms with van der Waals surface area (Å²) in [6.45, 7) is 3.87. The van der Waals surface area contributed by atoms with Gasteiger partial charge in [-0.05, 0) is 49.7 Å². The predicted octanol–water partition coefficient (Wildman–Crippen LogP) is 2.65. The molecule has 0 radical (unpaired) electrons. The van der Waals surface area contributed by atoms with Crippen LogP contribution in [0.2, 0.25) is 0 Å². The molecule has 3 N–H and O–H groups in total. The molecule has 2 rings (SSSR count). The van der Waals surface area contributed by atoms with Crippen molar-refractivity contribution in [1.29, 1.82) is 0 Å². The van der Waals surface area contributed by atoms with Crippen molar-refractivity contribution in [3.8, 4) is 17.2 Å². The summed E-state index contributed by atoms with van der Waals surface area (Å²) in [7, 11) is 0. The number of amides is 1. The minimum absolute atomic E-state index is 0.0564. The number of hydrazone groups is 1. The Kier molecular flexibility index (Phi) is 5.19. The molecule has 0 heterocycles. The molecular weight excluding hydrogens is 296 g/mol. The van der Waals surface area contributed by atoms with Gasteiger partial charge >= 0.3 is 0 Å². The monoisotopic (exact) mass is 314 g/mol. The number of ether oxygens (including phenoxy) is 1. The zero-order valence-electron chi connectivity index (χ0n) is 12.9. The third-order valence-electron chi connectivity index (χ3n) is 2.83. The van der Waals surface area contributed by atoms with Gasteiger partial charge in [0.2, 0.25) is 0 Å².